The van der Waals surface area contributed by atoms with Crippen molar-refractivity contribution in [1.82, 2.24) is 5.32 Å². The van der Waals surface area contributed by atoms with Crippen molar-refractivity contribution in [3.05, 3.63) is 34.6 Å². The molecule has 1 aromatic rings. The molecule has 0 amide bonds. The maximum atomic E-state index is 13.7. The number of benzene rings is 1. The number of halogens is 2. The third-order valence-electron chi connectivity index (χ3n) is 2.97. The second-order valence-corrected chi connectivity index (χ2v) is 5.79. The first-order valence-corrected chi connectivity index (χ1v) is 6.40. The molecule has 96 valence electrons. The minimum atomic E-state index is -0.218. The van der Waals surface area contributed by atoms with Crippen LogP contribution in [0, 0.1) is 11.2 Å². The highest BCUT2D eigenvalue weighted by Gasteiger charge is 2.25. The molecule has 0 aliphatic rings. The molecule has 0 aliphatic carbocycles. The van der Waals surface area contributed by atoms with Gasteiger partial charge in [0.05, 0.1) is 0 Å². The second kappa shape index (κ2) is 5.83. The van der Waals surface area contributed by atoms with Crippen LogP contribution in [0.4, 0.5) is 4.39 Å². The van der Waals surface area contributed by atoms with E-state index in [4.69, 9.17) is 11.6 Å². The Labute approximate surface area is 108 Å². The fourth-order valence-electron chi connectivity index (χ4n) is 1.86. The zero-order valence-electron chi connectivity index (χ0n) is 11.0. The molecule has 1 atom stereocenters. The van der Waals surface area contributed by atoms with Crippen LogP contribution >= 0.6 is 11.6 Å². The lowest BCUT2D eigenvalue weighted by atomic mass is 9.83. The second-order valence-electron chi connectivity index (χ2n) is 5.38. The highest BCUT2D eigenvalue weighted by atomic mass is 35.5. The van der Waals surface area contributed by atoms with Gasteiger partial charge in [-0.2, -0.15) is 0 Å². The van der Waals surface area contributed by atoms with Crippen LogP contribution in [0.15, 0.2) is 18.2 Å². The smallest absolute Gasteiger partial charge is 0.127 e. The summed E-state index contributed by atoms with van der Waals surface area (Å²) in [7, 11) is 0. The molecule has 0 saturated carbocycles. The average molecular weight is 258 g/mol. The molecule has 0 spiro atoms. The molecule has 17 heavy (non-hydrogen) atoms. The van der Waals surface area contributed by atoms with E-state index in [2.05, 4.69) is 33.0 Å². The first-order chi connectivity index (χ1) is 7.86. The number of nitrogens with one attached hydrogen (secondary N) is 1. The molecule has 0 bridgehead atoms. The van der Waals surface area contributed by atoms with E-state index < -0.39 is 0 Å². The Hall–Kier alpha value is -0.600. The van der Waals surface area contributed by atoms with Crippen molar-refractivity contribution in [3.63, 3.8) is 0 Å². The predicted molar refractivity (Wildman–Crippen MR) is 72.0 cm³/mol. The fourth-order valence-corrected chi connectivity index (χ4v) is 2.10. The highest BCUT2D eigenvalue weighted by molar-refractivity contribution is 6.31. The van der Waals surface area contributed by atoms with Gasteiger partial charge in [-0.25, -0.2) is 4.39 Å². The molecule has 1 unspecified atom stereocenters. The van der Waals surface area contributed by atoms with Crippen LogP contribution in [-0.4, -0.2) is 12.6 Å². The van der Waals surface area contributed by atoms with Crippen LogP contribution in [0.25, 0.3) is 0 Å². The molecule has 0 fully saturated rings. The third-order valence-corrected chi connectivity index (χ3v) is 3.32. The highest BCUT2D eigenvalue weighted by Crippen LogP contribution is 2.27. The summed E-state index contributed by atoms with van der Waals surface area (Å²) in [4.78, 5) is 0. The van der Waals surface area contributed by atoms with Crippen molar-refractivity contribution in [2.45, 2.75) is 40.2 Å². The van der Waals surface area contributed by atoms with Gasteiger partial charge in [0.1, 0.15) is 5.82 Å². The molecule has 0 aliphatic heterocycles. The van der Waals surface area contributed by atoms with Crippen molar-refractivity contribution in [1.29, 1.82) is 0 Å². The maximum Gasteiger partial charge on any atom is 0.127 e. The summed E-state index contributed by atoms with van der Waals surface area (Å²) < 4.78 is 13.7. The van der Waals surface area contributed by atoms with Gasteiger partial charge in [-0.3, -0.25) is 0 Å². The molecule has 1 N–H and O–H groups in total. The Morgan fingerprint density at radius 2 is 2.00 bits per heavy atom. The number of hydrogen-bond donors (Lipinski definition) is 1. The van der Waals surface area contributed by atoms with Gasteiger partial charge in [0.15, 0.2) is 0 Å². The predicted octanol–water partition coefficient (Wildman–Crippen LogP) is 4.05. The molecule has 0 saturated heterocycles. The molecule has 0 radical (unpaired) electrons. The van der Waals surface area contributed by atoms with Gasteiger partial charge in [0, 0.05) is 16.6 Å². The Bertz CT molecular complexity index is 351. The van der Waals surface area contributed by atoms with E-state index in [0.29, 0.717) is 17.0 Å². The van der Waals surface area contributed by atoms with Crippen LogP contribution in [0.2, 0.25) is 5.02 Å². The lowest BCUT2D eigenvalue weighted by Gasteiger charge is -2.32. The summed E-state index contributed by atoms with van der Waals surface area (Å²) >= 11 is 6.06. The minimum Gasteiger partial charge on any atom is -0.313 e. The van der Waals surface area contributed by atoms with E-state index >= 15 is 0 Å². The zero-order chi connectivity index (χ0) is 13.1. The van der Waals surface area contributed by atoms with Crippen molar-refractivity contribution in [2.24, 2.45) is 5.41 Å². The third kappa shape index (κ3) is 3.97. The fraction of sp³-hybridized carbons (Fsp3) is 0.571. The summed E-state index contributed by atoms with van der Waals surface area (Å²) in [6, 6.07) is 5.06. The molecule has 3 heteroatoms. The van der Waals surface area contributed by atoms with E-state index in [-0.39, 0.29) is 17.3 Å². The molecule has 1 aromatic carbocycles. The van der Waals surface area contributed by atoms with E-state index in [0.717, 1.165) is 6.54 Å². The first kappa shape index (κ1) is 14.5. The summed E-state index contributed by atoms with van der Waals surface area (Å²) in [6.07, 6.45) is 0.614. The van der Waals surface area contributed by atoms with Crippen molar-refractivity contribution in [3.8, 4) is 0 Å². The minimum absolute atomic E-state index is 0.0711. The monoisotopic (exact) mass is 257 g/mol. The van der Waals surface area contributed by atoms with Gasteiger partial charge >= 0.3 is 0 Å². The van der Waals surface area contributed by atoms with Crippen LogP contribution < -0.4 is 5.32 Å². The van der Waals surface area contributed by atoms with Gasteiger partial charge in [-0.05, 0) is 30.5 Å². The molecule has 1 nitrogen and oxygen atoms in total. The van der Waals surface area contributed by atoms with E-state index in [1.165, 1.54) is 6.07 Å². The average Bonchev–Trinajstić information content (AvgIpc) is 2.20. The van der Waals surface area contributed by atoms with Crippen molar-refractivity contribution < 1.29 is 4.39 Å². The Balaban J connectivity index is 2.94. The number of likely N-dealkylation sites (N-methyl/N-ethyl adjacent to an activating group) is 1. The van der Waals surface area contributed by atoms with Crippen LogP contribution in [0.5, 0.6) is 0 Å². The summed E-state index contributed by atoms with van der Waals surface area (Å²) in [6.45, 7) is 9.37. The van der Waals surface area contributed by atoms with Gasteiger partial charge < -0.3 is 5.32 Å². The van der Waals surface area contributed by atoms with Gasteiger partial charge in [-0.15, -0.1) is 0 Å². The van der Waals surface area contributed by atoms with Crippen molar-refractivity contribution >= 4 is 11.6 Å². The quantitative estimate of drug-likeness (QED) is 0.858. The number of hydrogen-bond acceptors (Lipinski definition) is 1. The molecular weight excluding hydrogens is 237 g/mol. The lowest BCUT2D eigenvalue weighted by molar-refractivity contribution is 0.268. The topological polar surface area (TPSA) is 12.0 Å². The summed E-state index contributed by atoms with van der Waals surface area (Å²) in [5.74, 6) is -0.218. The van der Waals surface area contributed by atoms with Crippen molar-refractivity contribution in [2.75, 3.05) is 6.54 Å². The molecule has 0 heterocycles. The molecule has 1 rings (SSSR count). The summed E-state index contributed by atoms with van der Waals surface area (Å²) in [5.41, 5.74) is 0.678. The van der Waals surface area contributed by atoms with Crippen LogP contribution in [0.1, 0.15) is 33.3 Å². The SMILES string of the molecule is CCNC(Cc1c(F)cccc1Cl)C(C)(C)C. The van der Waals surface area contributed by atoms with E-state index in [1.807, 2.05) is 0 Å². The van der Waals surface area contributed by atoms with E-state index in [9.17, 15) is 4.39 Å². The Morgan fingerprint density at radius 3 is 2.47 bits per heavy atom. The van der Waals surface area contributed by atoms with Gasteiger partial charge in [-0.1, -0.05) is 45.4 Å². The summed E-state index contributed by atoms with van der Waals surface area (Å²) in [5, 5.41) is 3.91. The standard InChI is InChI=1S/C14H21ClFN/c1-5-17-13(14(2,3)4)9-10-11(15)7-6-8-12(10)16/h6-8,13,17H,5,9H2,1-4H3. The zero-order valence-corrected chi connectivity index (χ0v) is 11.7. The van der Waals surface area contributed by atoms with Crippen LogP contribution in [0.3, 0.4) is 0 Å². The lowest BCUT2D eigenvalue weighted by Crippen LogP contribution is -2.42. The van der Waals surface area contributed by atoms with E-state index in [1.54, 1.807) is 12.1 Å². The first-order valence-electron chi connectivity index (χ1n) is 6.02. The maximum absolute atomic E-state index is 13.7. The Kier molecular flexibility index (Phi) is 4.96. The van der Waals surface area contributed by atoms with Crippen LogP contribution in [-0.2, 0) is 6.42 Å². The molecular formula is C14H21ClFN. The number of rotatable bonds is 4. The largest absolute Gasteiger partial charge is 0.313 e. The van der Waals surface area contributed by atoms with Gasteiger partial charge in [0.25, 0.3) is 0 Å². The Morgan fingerprint density at radius 1 is 1.35 bits per heavy atom. The molecule has 0 aromatic heterocycles. The normalized spacial score (nSPS) is 13.8. The van der Waals surface area contributed by atoms with Gasteiger partial charge in [0.2, 0.25) is 0 Å².